The summed E-state index contributed by atoms with van der Waals surface area (Å²) < 4.78 is 84.1. The van der Waals surface area contributed by atoms with E-state index >= 15 is 0 Å². The smallest absolute Gasteiger partial charge is 0.434 e. The van der Waals surface area contributed by atoms with E-state index in [4.69, 9.17) is 0 Å². The molecule has 5 nitrogen and oxygen atoms in total. The van der Waals surface area contributed by atoms with Gasteiger partial charge >= 0.3 is 18.3 Å². The number of carbonyl (C=O) groups excluding carboxylic acids is 1. The van der Waals surface area contributed by atoms with Crippen molar-refractivity contribution in [3.05, 3.63) is 63.9 Å². The molecule has 0 aliphatic carbocycles. The predicted octanol–water partition coefficient (Wildman–Crippen LogP) is 5.71. The second-order valence-corrected chi connectivity index (χ2v) is 6.88. The van der Waals surface area contributed by atoms with Gasteiger partial charge in [0.05, 0.1) is 24.1 Å². The topological polar surface area (TPSA) is 57.0 Å². The molecule has 0 saturated carbocycles. The molecule has 2 aromatic heterocycles. The van der Waals surface area contributed by atoms with E-state index in [1.165, 1.54) is 36.6 Å². The van der Waals surface area contributed by atoms with Crippen LogP contribution in [-0.2, 0) is 17.1 Å². The summed E-state index contributed by atoms with van der Waals surface area (Å²) >= 11 is 0.820. The highest BCUT2D eigenvalue weighted by Crippen LogP contribution is 2.35. The predicted molar refractivity (Wildman–Crippen MR) is 101 cm³/mol. The molecule has 3 rings (SSSR count). The van der Waals surface area contributed by atoms with Crippen molar-refractivity contribution in [3.8, 4) is 5.13 Å². The van der Waals surface area contributed by atoms with E-state index in [0.29, 0.717) is 4.68 Å². The fourth-order valence-electron chi connectivity index (χ4n) is 2.57. The maximum Gasteiger partial charge on any atom is 0.434 e. The monoisotopic (exact) mass is 461 g/mol. The molecule has 164 valence electrons. The molecule has 0 saturated heterocycles. The molecule has 0 aliphatic heterocycles. The molecule has 0 aliphatic rings. The van der Waals surface area contributed by atoms with Crippen molar-refractivity contribution in [2.45, 2.75) is 19.3 Å². The van der Waals surface area contributed by atoms with Crippen LogP contribution in [0.5, 0.6) is 0 Å². The van der Waals surface area contributed by atoms with Gasteiger partial charge in [0.2, 0.25) is 5.13 Å². The van der Waals surface area contributed by atoms with Crippen molar-refractivity contribution in [3.63, 3.8) is 0 Å². The Balaban J connectivity index is 1.91. The summed E-state index contributed by atoms with van der Waals surface area (Å²) in [6.45, 7) is 1.35. The minimum absolute atomic E-state index is 0.108. The highest BCUT2D eigenvalue weighted by atomic mass is 32.1. The molecular formula is C19H13F6N3O2S. The second-order valence-electron chi connectivity index (χ2n) is 6.05. The molecule has 0 spiro atoms. The summed E-state index contributed by atoms with van der Waals surface area (Å²) in [6.07, 6.45) is -5.94. The van der Waals surface area contributed by atoms with Gasteiger partial charge in [-0.05, 0) is 30.7 Å². The van der Waals surface area contributed by atoms with Crippen LogP contribution in [0.1, 0.15) is 39.8 Å². The van der Waals surface area contributed by atoms with Gasteiger partial charge in [0.25, 0.3) is 0 Å². The Morgan fingerprint density at radius 3 is 2.55 bits per heavy atom. The van der Waals surface area contributed by atoms with Crippen LogP contribution < -0.4 is 0 Å². The van der Waals surface area contributed by atoms with E-state index in [-0.39, 0.29) is 23.0 Å². The average Bonchev–Trinajstić information content (AvgIpc) is 3.33. The maximum atomic E-state index is 13.5. The standard InChI is InChI=1S/C19H13F6N3O2S/c1-2-30-16(29)14-9-26-28(15(14)19(23,24)25)17-27-13(10-31-17)7-6-11-4-3-5-12(8-11)18(20,21)22/h3-10H,2H2,1H3/b7-6+. The van der Waals surface area contributed by atoms with Crippen LogP contribution in [-0.4, -0.2) is 27.3 Å². The van der Waals surface area contributed by atoms with Crippen molar-refractivity contribution in [1.82, 2.24) is 14.8 Å². The summed E-state index contributed by atoms with van der Waals surface area (Å²) in [5.74, 6) is -1.16. The Labute approximate surface area is 175 Å². The van der Waals surface area contributed by atoms with Crippen molar-refractivity contribution >= 4 is 29.5 Å². The number of benzene rings is 1. The molecule has 3 aromatic rings. The molecule has 0 fully saturated rings. The lowest BCUT2D eigenvalue weighted by molar-refractivity contribution is -0.143. The molecule has 0 amide bonds. The van der Waals surface area contributed by atoms with Crippen molar-refractivity contribution < 1.29 is 35.9 Å². The first-order valence-corrected chi connectivity index (χ1v) is 9.52. The number of carbonyl (C=O) groups is 1. The van der Waals surface area contributed by atoms with Gasteiger partial charge in [-0.2, -0.15) is 31.4 Å². The highest BCUT2D eigenvalue weighted by Gasteiger charge is 2.41. The summed E-state index contributed by atoms with van der Waals surface area (Å²) in [6, 6.07) is 4.55. The third kappa shape index (κ3) is 5.13. The zero-order valence-electron chi connectivity index (χ0n) is 15.7. The van der Waals surface area contributed by atoms with Gasteiger partial charge < -0.3 is 4.74 Å². The van der Waals surface area contributed by atoms with Gasteiger partial charge in [-0.3, -0.25) is 0 Å². The van der Waals surface area contributed by atoms with Crippen LogP contribution in [0, 0.1) is 0 Å². The van der Waals surface area contributed by atoms with Gasteiger partial charge in [-0.25, -0.2) is 14.5 Å². The number of aromatic nitrogens is 3. The fourth-order valence-corrected chi connectivity index (χ4v) is 3.33. The summed E-state index contributed by atoms with van der Waals surface area (Å²) in [5, 5.41) is 4.85. The third-order valence-corrected chi connectivity index (χ3v) is 4.72. The largest absolute Gasteiger partial charge is 0.462 e. The minimum atomic E-state index is -4.90. The number of hydrogen-bond donors (Lipinski definition) is 0. The number of hydrogen-bond acceptors (Lipinski definition) is 5. The Bertz CT molecular complexity index is 1110. The van der Waals surface area contributed by atoms with Gasteiger partial charge in [0, 0.05) is 5.38 Å². The normalized spacial score (nSPS) is 12.5. The Morgan fingerprint density at radius 1 is 1.16 bits per heavy atom. The number of thiazole rings is 1. The lowest BCUT2D eigenvalue weighted by Gasteiger charge is -2.10. The molecule has 2 heterocycles. The molecular weight excluding hydrogens is 448 g/mol. The number of halogens is 6. The van der Waals surface area contributed by atoms with Crippen LogP contribution in [0.2, 0.25) is 0 Å². The van der Waals surface area contributed by atoms with E-state index in [9.17, 15) is 31.1 Å². The fraction of sp³-hybridized carbons (Fsp3) is 0.211. The van der Waals surface area contributed by atoms with Gasteiger partial charge in [-0.15, -0.1) is 11.3 Å². The molecule has 0 atom stereocenters. The van der Waals surface area contributed by atoms with E-state index in [2.05, 4.69) is 14.8 Å². The molecule has 0 bridgehead atoms. The van der Waals surface area contributed by atoms with E-state index in [0.717, 1.165) is 29.7 Å². The first-order valence-electron chi connectivity index (χ1n) is 8.64. The lowest BCUT2D eigenvalue weighted by Crippen LogP contribution is -2.18. The van der Waals surface area contributed by atoms with Crippen LogP contribution in [0.3, 0.4) is 0 Å². The highest BCUT2D eigenvalue weighted by molar-refractivity contribution is 7.12. The van der Waals surface area contributed by atoms with Crippen LogP contribution >= 0.6 is 11.3 Å². The van der Waals surface area contributed by atoms with Crippen molar-refractivity contribution in [1.29, 1.82) is 0 Å². The Kier molecular flexibility index (Phi) is 6.20. The zero-order valence-corrected chi connectivity index (χ0v) is 16.5. The summed E-state index contributed by atoms with van der Waals surface area (Å²) in [4.78, 5) is 15.9. The van der Waals surface area contributed by atoms with Crippen LogP contribution in [0.25, 0.3) is 17.3 Å². The lowest BCUT2D eigenvalue weighted by atomic mass is 10.1. The molecule has 31 heavy (non-hydrogen) atoms. The number of rotatable bonds is 5. The first-order chi connectivity index (χ1) is 14.5. The van der Waals surface area contributed by atoms with Crippen LogP contribution in [0.4, 0.5) is 26.3 Å². The molecule has 0 radical (unpaired) electrons. The number of esters is 1. The minimum Gasteiger partial charge on any atom is -0.462 e. The number of alkyl halides is 6. The first kappa shape index (κ1) is 22.5. The average molecular weight is 461 g/mol. The molecule has 1 aromatic carbocycles. The summed E-state index contributed by atoms with van der Waals surface area (Å²) in [5.41, 5.74) is -2.45. The maximum absolute atomic E-state index is 13.5. The Hall–Kier alpha value is -3.15. The van der Waals surface area contributed by atoms with Crippen LogP contribution in [0.15, 0.2) is 35.8 Å². The third-order valence-electron chi connectivity index (χ3n) is 3.88. The molecule has 0 unspecified atom stereocenters. The van der Waals surface area contributed by atoms with E-state index in [1.807, 2.05) is 0 Å². The van der Waals surface area contributed by atoms with Crippen molar-refractivity contribution in [2.24, 2.45) is 0 Å². The van der Waals surface area contributed by atoms with Gasteiger partial charge in [0.15, 0.2) is 5.69 Å². The quantitative estimate of drug-likeness (QED) is 0.361. The second kappa shape index (κ2) is 8.53. The number of nitrogens with zero attached hydrogens (tertiary/aromatic N) is 3. The molecule has 0 N–H and O–H groups in total. The van der Waals surface area contributed by atoms with Gasteiger partial charge in [0.1, 0.15) is 5.56 Å². The SMILES string of the molecule is CCOC(=O)c1cnn(-c2nc(/C=C/c3cccc(C(F)(F)F)c3)cs2)c1C(F)(F)F. The summed E-state index contributed by atoms with van der Waals surface area (Å²) in [7, 11) is 0. The van der Waals surface area contributed by atoms with E-state index in [1.54, 1.807) is 0 Å². The van der Waals surface area contributed by atoms with Crippen molar-refractivity contribution in [2.75, 3.05) is 6.61 Å². The molecule has 12 heteroatoms. The zero-order chi connectivity index (χ0) is 22.8. The number of ether oxygens (including phenoxy) is 1. The Morgan fingerprint density at radius 2 is 1.90 bits per heavy atom. The van der Waals surface area contributed by atoms with Gasteiger partial charge in [-0.1, -0.05) is 18.2 Å². The van der Waals surface area contributed by atoms with E-state index < -0.39 is 35.1 Å².